The number of rotatable bonds is 9. The van der Waals surface area contributed by atoms with Crippen molar-refractivity contribution in [2.24, 2.45) is 0 Å². The van der Waals surface area contributed by atoms with Crippen molar-refractivity contribution in [2.45, 2.75) is 37.5 Å². The van der Waals surface area contributed by atoms with Gasteiger partial charge in [-0.3, -0.25) is 19.7 Å². The molecule has 3 aromatic heterocycles. The second kappa shape index (κ2) is 9.89. The number of hydrogen-bond donors (Lipinski definition) is 1. The van der Waals surface area contributed by atoms with Crippen molar-refractivity contribution in [2.75, 3.05) is 0 Å². The third-order valence-electron chi connectivity index (χ3n) is 5.45. The van der Waals surface area contributed by atoms with Gasteiger partial charge in [-0.05, 0) is 49.2 Å². The zero-order chi connectivity index (χ0) is 21.5. The summed E-state index contributed by atoms with van der Waals surface area (Å²) < 4.78 is 0. The van der Waals surface area contributed by atoms with Crippen LogP contribution in [0.25, 0.3) is 11.0 Å². The second-order valence-corrected chi connectivity index (χ2v) is 7.56. The van der Waals surface area contributed by atoms with Gasteiger partial charge in [0.1, 0.15) is 0 Å². The van der Waals surface area contributed by atoms with Gasteiger partial charge in [-0.25, -0.2) is 4.98 Å². The van der Waals surface area contributed by atoms with Gasteiger partial charge in [0, 0.05) is 54.7 Å². The minimum atomic E-state index is -0.783. The average Bonchev–Trinajstić information content (AvgIpc) is 2.81. The van der Waals surface area contributed by atoms with E-state index in [0.717, 1.165) is 28.1 Å². The Bertz CT molecular complexity index is 1140. The molecule has 6 heteroatoms. The summed E-state index contributed by atoms with van der Waals surface area (Å²) in [5.74, 6) is -0.765. The number of aromatic nitrogens is 4. The van der Waals surface area contributed by atoms with Crippen LogP contribution in [0.3, 0.4) is 0 Å². The van der Waals surface area contributed by atoms with Crippen LogP contribution in [0.15, 0.2) is 79.3 Å². The molecule has 0 amide bonds. The number of aliphatic carboxylic acids is 1. The Morgan fingerprint density at radius 1 is 0.806 bits per heavy atom. The van der Waals surface area contributed by atoms with Crippen LogP contribution in [0.4, 0.5) is 0 Å². The Kier molecular flexibility index (Phi) is 6.57. The first kappa shape index (κ1) is 20.6. The third kappa shape index (κ3) is 5.28. The van der Waals surface area contributed by atoms with E-state index in [2.05, 4.69) is 15.0 Å². The Morgan fingerprint density at radius 2 is 1.45 bits per heavy atom. The van der Waals surface area contributed by atoms with E-state index in [1.165, 1.54) is 0 Å². The number of carboxylic acids is 1. The zero-order valence-electron chi connectivity index (χ0n) is 17.1. The van der Waals surface area contributed by atoms with Crippen molar-refractivity contribution in [3.05, 3.63) is 96.3 Å². The zero-order valence-corrected chi connectivity index (χ0v) is 17.1. The van der Waals surface area contributed by atoms with Gasteiger partial charge >= 0.3 is 5.97 Å². The van der Waals surface area contributed by atoms with Crippen LogP contribution < -0.4 is 0 Å². The third-order valence-corrected chi connectivity index (χ3v) is 5.45. The Morgan fingerprint density at radius 3 is 2.10 bits per heavy atom. The smallest absolute Gasteiger partial charge is 0.303 e. The fourth-order valence-corrected chi connectivity index (χ4v) is 3.99. The average molecular weight is 412 g/mol. The summed E-state index contributed by atoms with van der Waals surface area (Å²) >= 11 is 0. The lowest BCUT2D eigenvalue weighted by Crippen LogP contribution is -2.18. The highest BCUT2D eigenvalue weighted by molar-refractivity contribution is 5.73. The van der Waals surface area contributed by atoms with Crippen LogP contribution in [-0.2, 0) is 11.2 Å². The van der Waals surface area contributed by atoms with Crippen molar-refractivity contribution < 1.29 is 9.90 Å². The number of pyridine rings is 2. The molecular weight excluding hydrogens is 388 g/mol. The molecular formula is C25H24N4O2. The summed E-state index contributed by atoms with van der Waals surface area (Å²) in [7, 11) is 0. The molecule has 0 saturated heterocycles. The first-order valence-corrected chi connectivity index (χ1v) is 10.4. The number of hydrogen-bond acceptors (Lipinski definition) is 5. The van der Waals surface area contributed by atoms with Crippen molar-refractivity contribution in [1.82, 2.24) is 19.9 Å². The maximum Gasteiger partial charge on any atom is 0.303 e. The molecule has 0 aliphatic rings. The molecule has 0 radical (unpaired) electrons. The Labute approximate surface area is 181 Å². The highest BCUT2D eigenvalue weighted by Crippen LogP contribution is 2.37. The van der Waals surface area contributed by atoms with Gasteiger partial charge in [-0.2, -0.15) is 0 Å². The summed E-state index contributed by atoms with van der Waals surface area (Å²) in [6.45, 7) is 0. The molecule has 0 fully saturated rings. The van der Waals surface area contributed by atoms with E-state index in [9.17, 15) is 4.79 Å². The van der Waals surface area contributed by atoms with Crippen molar-refractivity contribution in [3.63, 3.8) is 0 Å². The number of nitrogens with zero attached hydrogens (tertiary/aromatic N) is 4. The molecule has 6 nitrogen and oxygen atoms in total. The van der Waals surface area contributed by atoms with Crippen molar-refractivity contribution in [1.29, 1.82) is 0 Å². The molecule has 31 heavy (non-hydrogen) atoms. The van der Waals surface area contributed by atoms with Gasteiger partial charge in [0.15, 0.2) is 0 Å². The van der Waals surface area contributed by atoms with Crippen LogP contribution in [0, 0.1) is 0 Å². The van der Waals surface area contributed by atoms with E-state index < -0.39 is 5.97 Å². The normalized spacial score (nSPS) is 13.0. The lowest BCUT2D eigenvalue weighted by atomic mass is 9.80. The fourth-order valence-electron chi connectivity index (χ4n) is 3.99. The van der Waals surface area contributed by atoms with E-state index in [0.29, 0.717) is 19.3 Å². The topological polar surface area (TPSA) is 88.9 Å². The van der Waals surface area contributed by atoms with E-state index in [1.54, 1.807) is 12.4 Å². The SMILES string of the molecule is O=C(O)CCCC(c1ccccn1)C(Cc1cnc2ccccc2n1)c1ccccn1. The van der Waals surface area contributed by atoms with Gasteiger partial charge < -0.3 is 5.11 Å². The van der Waals surface area contributed by atoms with Gasteiger partial charge in [-0.1, -0.05) is 24.3 Å². The molecule has 2 unspecified atom stereocenters. The lowest BCUT2D eigenvalue weighted by Gasteiger charge is -2.26. The number of carbonyl (C=O) groups is 1. The van der Waals surface area contributed by atoms with Crippen LogP contribution in [0.2, 0.25) is 0 Å². The summed E-state index contributed by atoms with van der Waals surface area (Å²) in [6, 6.07) is 19.6. The van der Waals surface area contributed by atoms with Crippen molar-refractivity contribution in [3.8, 4) is 0 Å². The highest BCUT2D eigenvalue weighted by atomic mass is 16.4. The molecule has 1 N–H and O–H groups in total. The lowest BCUT2D eigenvalue weighted by molar-refractivity contribution is -0.137. The molecule has 0 saturated carbocycles. The molecule has 0 aliphatic carbocycles. The first-order valence-electron chi connectivity index (χ1n) is 10.4. The fraction of sp³-hybridized carbons (Fsp3) is 0.240. The summed E-state index contributed by atoms with van der Waals surface area (Å²) in [6.07, 6.45) is 7.45. The van der Waals surface area contributed by atoms with E-state index in [4.69, 9.17) is 10.1 Å². The second-order valence-electron chi connectivity index (χ2n) is 7.56. The molecule has 156 valence electrons. The van der Waals surface area contributed by atoms with Gasteiger partial charge in [0.05, 0.1) is 16.7 Å². The van der Waals surface area contributed by atoms with Gasteiger partial charge in [0.25, 0.3) is 0 Å². The number of fused-ring (bicyclic) bond motifs is 1. The van der Waals surface area contributed by atoms with E-state index >= 15 is 0 Å². The van der Waals surface area contributed by atoms with Crippen LogP contribution in [-0.4, -0.2) is 31.0 Å². The quantitative estimate of drug-likeness (QED) is 0.425. The molecule has 0 aliphatic heterocycles. The van der Waals surface area contributed by atoms with Gasteiger partial charge in [0.2, 0.25) is 0 Å². The number of para-hydroxylation sites is 2. The molecule has 2 atom stereocenters. The summed E-state index contributed by atoms with van der Waals surface area (Å²) in [5.41, 5.74) is 4.50. The predicted octanol–water partition coefficient (Wildman–Crippen LogP) is 4.78. The monoisotopic (exact) mass is 412 g/mol. The van der Waals surface area contributed by atoms with Crippen LogP contribution >= 0.6 is 0 Å². The maximum atomic E-state index is 11.1. The standard InChI is InChI=1S/C25H24N4O2/c30-25(31)13-7-8-19(21-9-3-5-14-26-21)20(22-10-4-6-15-27-22)16-18-17-28-23-11-1-2-12-24(23)29-18/h1-6,9-12,14-15,17,19-20H,7-8,13,16H2,(H,30,31). The predicted molar refractivity (Wildman–Crippen MR) is 119 cm³/mol. The molecule has 0 bridgehead atoms. The van der Waals surface area contributed by atoms with Crippen LogP contribution in [0.1, 0.15) is 48.2 Å². The number of benzene rings is 1. The first-order chi connectivity index (χ1) is 15.2. The van der Waals surface area contributed by atoms with Gasteiger partial charge in [-0.15, -0.1) is 0 Å². The number of carboxylic acid groups (broad SMARTS) is 1. The van der Waals surface area contributed by atoms with E-state index in [-0.39, 0.29) is 18.3 Å². The minimum Gasteiger partial charge on any atom is -0.481 e. The summed E-state index contributed by atoms with van der Waals surface area (Å²) in [5, 5.41) is 9.14. The minimum absolute atomic E-state index is 0.000331. The molecule has 0 spiro atoms. The molecule has 3 heterocycles. The highest BCUT2D eigenvalue weighted by Gasteiger charge is 2.28. The molecule has 1 aromatic carbocycles. The maximum absolute atomic E-state index is 11.1. The summed E-state index contributed by atoms with van der Waals surface area (Å²) in [4.78, 5) is 29.8. The molecule has 4 rings (SSSR count). The molecule has 4 aromatic rings. The largest absolute Gasteiger partial charge is 0.481 e. The van der Waals surface area contributed by atoms with Crippen LogP contribution in [0.5, 0.6) is 0 Å². The Hall–Kier alpha value is -3.67. The van der Waals surface area contributed by atoms with E-state index in [1.807, 2.05) is 66.9 Å². The Balaban J connectivity index is 1.71. The van der Waals surface area contributed by atoms with Crippen molar-refractivity contribution >= 4 is 17.0 Å².